The van der Waals surface area contributed by atoms with Crippen molar-refractivity contribution in [1.29, 1.82) is 0 Å². The molecule has 0 fully saturated rings. The zero-order chi connectivity index (χ0) is 50.4. The minimum atomic E-state index is 0.631. The van der Waals surface area contributed by atoms with Gasteiger partial charge in [0.05, 0.1) is 33.3 Å². The predicted molar refractivity (Wildman–Crippen MR) is 312 cm³/mol. The van der Waals surface area contributed by atoms with Gasteiger partial charge in [-0.05, 0) is 112 Å². The Kier molecular flexibility index (Phi) is 11.1. The van der Waals surface area contributed by atoms with Crippen LogP contribution in [-0.4, -0.2) is 29.1 Å². The molecular weight excluding hydrogens is 925 g/mol. The predicted octanol–water partition coefficient (Wildman–Crippen LogP) is 17.6. The summed E-state index contributed by atoms with van der Waals surface area (Å²) in [4.78, 5) is 21.4. The minimum absolute atomic E-state index is 0.631. The van der Waals surface area contributed by atoms with E-state index in [0.29, 0.717) is 5.82 Å². The molecule has 6 heteroatoms. The Morgan fingerprint density at radius 3 is 1.09 bits per heavy atom. The van der Waals surface area contributed by atoms with Crippen molar-refractivity contribution in [3.63, 3.8) is 0 Å². The molecule has 0 aliphatic heterocycles. The standard InChI is InChI=1S/C70H46N6/c1-5-17-47(18-6-1)49-29-31-51(32-30-49)57-45-60(52-35-33-50(34-36-52)48-19-7-2-8-20-48)67-61(46-57)66(53-37-41-58(42-38-53)75-64-27-15-13-25-62(64)71-69(75)55-21-9-3-10-22-55)73-68(74-67)54-39-43-59(44-40-54)76-65-28-16-14-26-63(65)72-70(76)56-23-11-4-12-24-56/h1-46H. The molecule has 0 atom stereocenters. The maximum Gasteiger partial charge on any atom is 0.160 e. The van der Waals surface area contributed by atoms with E-state index < -0.39 is 0 Å². The number of benzene rings is 11. The average molecular weight is 971 g/mol. The fraction of sp³-hybridized carbons (Fsp3) is 0. The van der Waals surface area contributed by atoms with Gasteiger partial charge in [-0.15, -0.1) is 0 Å². The van der Waals surface area contributed by atoms with Crippen molar-refractivity contribution in [2.75, 3.05) is 0 Å². The van der Waals surface area contributed by atoms with Crippen LogP contribution >= 0.6 is 0 Å². The van der Waals surface area contributed by atoms with Gasteiger partial charge < -0.3 is 0 Å². The van der Waals surface area contributed by atoms with Crippen molar-refractivity contribution in [2.24, 2.45) is 0 Å². The zero-order valence-corrected chi connectivity index (χ0v) is 41.2. The molecule has 0 aliphatic carbocycles. The largest absolute Gasteiger partial charge is 0.292 e. The molecule has 0 aliphatic rings. The SMILES string of the molecule is c1ccc(-c2ccc(-c3cc(-c4ccc(-c5ccccc5)cc4)c4nc(-c5ccc(-n6c(-c7ccccc7)nc7ccccc76)cc5)nc(-c5ccc(-n6c(-c7ccccc7)nc7ccccc76)cc5)c4c3)cc2)cc1. The molecule has 14 rings (SSSR count). The van der Waals surface area contributed by atoms with Gasteiger partial charge in [0.15, 0.2) is 5.82 Å². The molecule has 0 amide bonds. The molecule has 6 nitrogen and oxygen atoms in total. The van der Waals surface area contributed by atoms with Gasteiger partial charge in [-0.1, -0.05) is 206 Å². The van der Waals surface area contributed by atoms with Gasteiger partial charge >= 0.3 is 0 Å². The lowest BCUT2D eigenvalue weighted by molar-refractivity contribution is 1.10. The molecule has 0 N–H and O–H groups in total. The van der Waals surface area contributed by atoms with Crippen molar-refractivity contribution in [2.45, 2.75) is 0 Å². The second-order valence-electron chi connectivity index (χ2n) is 19.0. The van der Waals surface area contributed by atoms with Crippen LogP contribution in [0, 0.1) is 0 Å². The van der Waals surface area contributed by atoms with Gasteiger partial charge in [0.1, 0.15) is 11.6 Å². The third-order valence-corrected chi connectivity index (χ3v) is 14.4. The summed E-state index contributed by atoms with van der Waals surface area (Å²) in [5.41, 5.74) is 20.6. The number of aromatic nitrogens is 6. The molecule has 0 bridgehead atoms. The normalized spacial score (nSPS) is 11.4. The van der Waals surface area contributed by atoms with Crippen molar-refractivity contribution >= 4 is 33.0 Å². The number of nitrogens with zero attached hydrogens (tertiary/aromatic N) is 6. The van der Waals surface area contributed by atoms with Crippen LogP contribution in [0.5, 0.6) is 0 Å². The van der Waals surface area contributed by atoms with Crippen LogP contribution in [0.2, 0.25) is 0 Å². The topological polar surface area (TPSA) is 61.4 Å². The number of imidazole rings is 2. The lowest BCUT2D eigenvalue weighted by Gasteiger charge is -2.17. The monoisotopic (exact) mass is 970 g/mol. The Hall–Kier alpha value is -10.3. The lowest BCUT2D eigenvalue weighted by atomic mass is 9.92. The first-order valence-corrected chi connectivity index (χ1v) is 25.6. The van der Waals surface area contributed by atoms with E-state index in [1.807, 2.05) is 24.3 Å². The Bertz CT molecular complexity index is 4380. The fourth-order valence-electron chi connectivity index (χ4n) is 10.6. The van der Waals surface area contributed by atoms with E-state index in [1.165, 1.54) is 16.7 Å². The summed E-state index contributed by atoms with van der Waals surface area (Å²) >= 11 is 0. The Morgan fingerprint density at radius 1 is 0.250 bits per heavy atom. The molecule has 0 saturated heterocycles. The maximum atomic E-state index is 5.58. The average Bonchev–Trinajstić information content (AvgIpc) is 4.10. The van der Waals surface area contributed by atoms with E-state index in [1.54, 1.807) is 0 Å². The van der Waals surface area contributed by atoms with Crippen LogP contribution in [0.4, 0.5) is 0 Å². The van der Waals surface area contributed by atoms with Crippen molar-refractivity contribution in [3.05, 3.63) is 279 Å². The number of rotatable bonds is 10. The minimum Gasteiger partial charge on any atom is -0.292 e. The molecular formula is C70H46N6. The fourth-order valence-corrected chi connectivity index (χ4v) is 10.6. The van der Waals surface area contributed by atoms with E-state index >= 15 is 0 Å². The summed E-state index contributed by atoms with van der Waals surface area (Å²) < 4.78 is 4.49. The first-order chi connectivity index (χ1) is 37.7. The molecule has 3 aromatic heterocycles. The highest BCUT2D eigenvalue weighted by molar-refractivity contribution is 6.05. The second kappa shape index (κ2) is 19.0. The number of para-hydroxylation sites is 4. The van der Waals surface area contributed by atoms with Gasteiger partial charge in [-0.2, -0.15) is 0 Å². The first kappa shape index (κ1) is 44.4. The molecule has 0 saturated carbocycles. The highest BCUT2D eigenvalue weighted by atomic mass is 15.1. The summed E-state index contributed by atoms with van der Waals surface area (Å²) in [7, 11) is 0. The Balaban J connectivity index is 0.966. The van der Waals surface area contributed by atoms with Gasteiger partial charge in [0.2, 0.25) is 0 Å². The quantitative estimate of drug-likeness (QED) is 0.137. The molecule has 356 valence electrons. The van der Waals surface area contributed by atoms with Gasteiger partial charge in [0, 0.05) is 44.6 Å². The Labute approximate surface area is 440 Å². The van der Waals surface area contributed by atoms with Crippen molar-refractivity contribution < 1.29 is 0 Å². The van der Waals surface area contributed by atoms with Crippen LogP contribution in [0.1, 0.15) is 0 Å². The van der Waals surface area contributed by atoms with E-state index in [9.17, 15) is 0 Å². The van der Waals surface area contributed by atoms with Gasteiger partial charge in [0.25, 0.3) is 0 Å². The van der Waals surface area contributed by atoms with Crippen LogP contribution in [0.15, 0.2) is 279 Å². The summed E-state index contributed by atoms with van der Waals surface area (Å²) in [5, 5.41) is 0.954. The van der Waals surface area contributed by atoms with E-state index in [0.717, 1.165) is 112 Å². The van der Waals surface area contributed by atoms with Crippen LogP contribution in [0.3, 0.4) is 0 Å². The first-order valence-electron chi connectivity index (χ1n) is 25.6. The molecule has 0 spiro atoms. The Morgan fingerprint density at radius 2 is 0.618 bits per heavy atom. The van der Waals surface area contributed by atoms with Crippen LogP contribution in [0.25, 0.3) is 134 Å². The summed E-state index contributed by atoms with van der Waals surface area (Å²) in [6, 6.07) is 98.2. The number of hydrogen-bond donors (Lipinski definition) is 0. The van der Waals surface area contributed by atoms with Crippen LogP contribution in [-0.2, 0) is 0 Å². The lowest BCUT2D eigenvalue weighted by Crippen LogP contribution is -2.00. The summed E-state index contributed by atoms with van der Waals surface area (Å²) in [6.07, 6.45) is 0. The van der Waals surface area contributed by atoms with Gasteiger partial charge in [-0.25, -0.2) is 19.9 Å². The van der Waals surface area contributed by atoms with Gasteiger partial charge in [-0.3, -0.25) is 9.13 Å². The highest BCUT2D eigenvalue weighted by Gasteiger charge is 2.21. The van der Waals surface area contributed by atoms with Crippen LogP contribution < -0.4 is 0 Å². The number of hydrogen-bond acceptors (Lipinski definition) is 4. The third kappa shape index (κ3) is 8.11. The smallest absolute Gasteiger partial charge is 0.160 e. The molecule has 0 unspecified atom stereocenters. The van der Waals surface area contributed by atoms with E-state index in [2.05, 4.69) is 264 Å². The second-order valence-corrected chi connectivity index (χ2v) is 19.0. The van der Waals surface area contributed by atoms with Crippen molar-refractivity contribution in [1.82, 2.24) is 29.1 Å². The number of fused-ring (bicyclic) bond motifs is 3. The van der Waals surface area contributed by atoms with Crippen molar-refractivity contribution in [3.8, 4) is 101 Å². The summed E-state index contributed by atoms with van der Waals surface area (Å²) in [6.45, 7) is 0. The molecule has 11 aromatic carbocycles. The molecule has 3 heterocycles. The van der Waals surface area contributed by atoms with E-state index in [-0.39, 0.29) is 0 Å². The summed E-state index contributed by atoms with van der Waals surface area (Å²) in [5.74, 6) is 2.40. The maximum absolute atomic E-state index is 5.58. The molecule has 0 radical (unpaired) electrons. The van der Waals surface area contributed by atoms with E-state index in [4.69, 9.17) is 19.9 Å². The molecule has 14 aromatic rings. The third-order valence-electron chi connectivity index (χ3n) is 14.4. The molecule has 76 heavy (non-hydrogen) atoms. The zero-order valence-electron chi connectivity index (χ0n) is 41.2. The highest BCUT2D eigenvalue weighted by Crippen LogP contribution is 2.41.